The number of amides is 2. The number of rotatable bonds is 12. The number of piperidine rings is 1. The van der Waals surface area contributed by atoms with Gasteiger partial charge >= 0.3 is 6.03 Å². The Morgan fingerprint density at radius 2 is 2.03 bits per heavy atom. The molecule has 0 aromatic heterocycles. The van der Waals surface area contributed by atoms with Crippen molar-refractivity contribution in [2.45, 2.75) is 82.3 Å². The van der Waals surface area contributed by atoms with Crippen molar-refractivity contribution < 1.29 is 19.0 Å². The number of methoxy groups -OCH3 is 1. The molecule has 1 saturated carbocycles. The maximum Gasteiger partial charge on any atom is 0.315 e. The Morgan fingerprint density at radius 3 is 2.69 bits per heavy atom. The van der Waals surface area contributed by atoms with Gasteiger partial charge in [0.15, 0.2) is 0 Å². The van der Waals surface area contributed by atoms with Gasteiger partial charge in [-0.3, -0.25) is 0 Å². The van der Waals surface area contributed by atoms with Crippen molar-refractivity contribution in [2.24, 2.45) is 23.5 Å². The zero-order chi connectivity index (χ0) is 25.3. The number of nitrogens with one attached hydrogen (secondary N) is 1. The minimum Gasteiger partial charge on any atom is -0.385 e. The highest BCUT2D eigenvalue weighted by atomic mass is 19.1. The van der Waals surface area contributed by atoms with Crippen LogP contribution in [0.4, 0.5) is 9.18 Å². The maximum absolute atomic E-state index is 14.4. The molecular weight excluding hydrogens is 445 g/mol. The van der Waals surface area contributed by atoms with E-state index in [2.05, 4.69) is 5.32 Å². The molecule has 198 valence electrons. The zero-order valence-corrected chi connectivity index (χ0v) is 21.7. The second-order valence-corrected chi connectivity index (χ2v) is 10.7. The molecule has 3 rings (SSSR count). The number of nitrogens with zero attached hydrogens (tertiary/aromatic N) is 1. The van der Waals surface area contributed by atoms with Gasteiger partial charge in [0.05, 0.1) is 5.60 Å². The molecule has 2 amide bonds. The maximum atomic E-state index is 14.4. The second-order valence-electron chi connectivity index (χ2n) is 10.7. The monoisotopic (exact) mass is 491 g/mol. The van der Waals surface area contributed by atoms with Gasteiger partial charge in [0.1, 0.15) is 5.82 Å². The summed E-state index contributed by atoms with van der Waals surface area (Å²) in [7, 11) is 3.62. The Bertz CT molecular complexity index is 788. The molecule has 0 spiro atoms. The van der Waals surface area contributed by atoms with Gasteiger partial charge in [-0.15, -0.1) is 0 Å². The fourth-order valence-corrected chi connectivity index (χ4v) is 6.78. The summed E-state index contributed by atoms with van der Waals surface area (Å²) in [5.74, 6) is 0.212. The van der Waals surface area contributed by atoms with Gasteiger partial charge < -0.3 is 25.8 Å². The molecular formula is C28H46FN3O3. The fraction of sp³-hybridized carbons (Fsp3) is 0.750. The van der Waals surface area contributed by atoms with Crippen LogP contribution >= 0.6 is 0 Å². The number of hydrogen-bond acceptors (Lipinski definition) is 4. The van der Waals surface area contributed by atoms with Crippen LogP contribution < -0.4 is 11.1 Å². The zero-order valence-electron chi connectivity index (χ0n) is 21.7. The molecule has 0 radical (unpaired) electrons. The fourth-order valence-electron chi connectivity index (χ4n) is 6.78. The Kier molecular flexibility index (Phi) is 10.8. The third-order valence-electron chi connectivity index (χ3n) is 8.37. The first kappa shape index (κ1) is 27.9. The highest BCUT2D eigenvalue weighted by molar-refractivity contribution is 5.72. The summed E-state index contributed by atoms with van der Waals surface area (Å²) in [6.45, 7) is 1.97. The third kappa shape index (κ3) is 7.17. The summed E-state index contributed by atoms with van der Waals surface area (Å²) in [5, 5.41) is 15.8. The SMILES string of the molecule is CNC[C@H](CC1CCCCC1)C1C([C@@](O)(CCCCOC)c2cccc(F)c2)CCCN1C(N)=O. The van der Waals surface area contributed by atoms with E-state index in [0.717, 1.165) is 38.6 Å². The molecule has 1 heterocycles. The summed E-state index contributed by atoms with van der Waals surface area (Å²) in [6.07, 6.45) is 10.9. The van der Waals surface area contributed by atoms with Crippen molar-refractivity contribution in [1.82, 2.24) is 10.2 Å². The van der Waals surface area contributed by atoms with E-state index >= 15 is 0 Å². The summed E-state index contributed by atoms with van der Waals surface area (Å²) < 4.78 is 19.6. The molecule has 1 aliphatic heterocycles. The van der Waals surface area contributed by atoms with E-state index in [9.17, 15) is 14.3 Å². The lowest BCUT2D eigenvalue weighted by Gasteiger charge is -2.51. The number of carbonyl (C=O) groups is 1. The van der Waals surface area contributed by atoms with E-state index in [1.165, 1.54) is 44.2 Å². The van der Waals surface area contributed by atoms with Crippen LogP contribution in [0, 0.1) is 23.6 Å². The van der Waals surface area contributed by atoms with Crippen LogP contribution in [0.3, 0.4) is 0 Å². The van der Waals surface area contributed by atoms with E-state index in [-0.39, 0.29) is 23.7 Å². The van der Waals surface area contributed by atoms with Crippen LogP contribution in [-0.4, -0.2) is 55.9 Å². The first-order chi connectivity index (χ1) is 16.9. The number of nitrogens with two attached hydrogens (primary N) is 1. The van der Waals surface area contributed by atoms with Crippen LogP contribution in [-0.2, 0) is 10.3 Å². The molecule has 4 atom stereocenters. The lowest BCUT2D eigenvalue weighted by Crippen LogP contribution is -2.60. The quantitative estimate of drug-likeness (QED) is 0.367. The molecule has 2 aliphatic rings. The highest BCUT2D eigenvalue weighted by Gasteiger charge is 2.49. The number of aliphatic hydroxyl groups is 1. The van der Waals surface area contributed by atoms with E-state index in [0.29, 0.717) is 31.1 Å². The highest BCUT2D eigenvalue weighted by Crippen LogP contribution is 2.46. The number of urea groups is 1. The average Bonchev–Trinajstić information content (AvgIpc) is 2.86. The predicted molar refractivity (Wildman–Crippen MR) is 137 cm³/mol. The molecule has 0 bridgehead atoms. The van der Waals surface area contributed by atoms with Gasteiger partial charge in [0.25, 0.3) is 0 Å². The van der Waals surface area contributed by atoms with Gasteiger partial charge in [-0.05, 0) is 81.6 Å². The number of halogens is 1. The molecule has 1 aromatic carbocycles. The van der Waals surface area contributed by atoms with Crippen molar-refractivity contribution in [3.8, 4) is 0 Å². The number of ether oxygens (including phenoxy) is 1. The smallest absolute Gasteiger partial charge is 0.315 e. The lowest BCUT2D eigenvalue weighted by atomic mass is 9.65. The molecule has 1 aliphatic carbocycles. The summed E-state index contributed by atoms with van der Waals surface area (Å²) >= 11 is 0. The first-order valence-corrected chi connectivity index (χ1v) is 13.6. The summed E-state index contributed by atoms with van der Waals surface area (Å²) in [5.41, 5.74) is 5.28. The largest absolute Gasteiger partial charge is 0.385 e. The number of carbonyl (C=O) groups excluding carboxylic acids is 1. The number of primary amides is 1. The number of hydrogen-bond donors (Lipinski definition) is 3. The molecule has 2 unspecified atom stereocenters. The van der Waals surface area contributed by atoms with Crippen molar-refractivity contribution in [3.05, 3.63) is 35.6 Å². The molecule has 2 fully saturated rings. The molecule has 1 saturated heterocycles. The van der Waals surface area contributed by atoms with E-state index in [4.69, 9.17) is 10.5 Å². The Balaban J connectivity index is 2.00. The predicted octanol–water partition coefficient (Wildman–Crippen LogP) is 4.80. The first-order valence-electron chi connectivity index (χ1n) is 13.6. The topological polar surface area (TPSA) is 87.8 Å². The molecule has 35 heavy (non-hydrogen) atoms. The molecule has 6 nitrogen and oxygen atoms in total. The van der Waals surface area contributed by atoms with Crippen LogP contribution in [0.25, 0.3) is 0 Å². The number of likely N-dealkylation sites (tertiary alicyclic amines) is 1. The van der Waals surface area contributed by atoms with Gasteiger partial charge in [0, 0.05) is 32.2 Å². The van der Waals surface area contributed by atoms with Crippen molar-refractivity contribution >= 4 is 6.03 Å². The van der Waals surface area contributed by atoms with Crippen molar-refractivity contribution in [1.29, 1.82) is 0 Å². The molecule has 4 N–H and O–H groups in total. The Hall–Kier alpha value is -1.70. The minimum atomic E-state index is -1.26. The Labute approximate surface area is 210 Å². The standard InChI is InChI=1S/C28H46FN3O3/c1-31-20-22(18-21-10-4-3-5-11-21)26-25(14-9-16-32(26)27(30)33)28(34,15-6-7-17-35-2)23-12-8-13-24(29)19-23/h8,12-13,19,21-22,25-26,31,34H,3-7,9-11,14-18,20H2,1-2H3,(H2,30,33)/t22-,25?,26?,28+/m0/s1. The Morgan fingerprint density at radius 1 is 1.26 bits per heavy atom. The second kappa shape index (κ2) is 13.6. The van der Waals surface area contributed by atoms with Gasteiger partial charge in [-0.25, -0.2) is 9.18 Å². The summed E-state index contributed by atoms with van der Waals surface area (Å²) in [4.78, 5) is 14.5. The number of unbranched alkanes of at least 4 members (excludes halogenated alkanes) is 1. The van der Waals surface area contributed by atoms with Crippen molar-refractivity contribution in [2.75, 3.05) is 33.9 Å². The number of benzene rings is 1. The molecule has 1 aromatic rings. The minimum absolute atomic E-state index is 0.167. The van der Waals surface area contributed by atoms with Crippen LogP contribution in [0.1, 0.15) is 76.2 Å². The van der Waals surface area contributed by atoms with Crippen LogP contribution in [0.2, 0.25) is 0 Å². The van der Waals surface area contributed by atoms with Crippen LogP contribution in [0.15, 0.2) is 24.3 Å². The van der Waals surface area contributed by atoms with Crippen LogP contribution in [0.5, 0.6) is 0 Å². The third-order valence-corrected chi connectivity index (χ3v) is 8.37. The summed E-state index contributed by atoms with van der Waals surface area (Å²) in [6, 6.07) is 5.74. The van der Waals surface area contributed by atoms with Gasteiger partial charge in [-0.2, -0.15) is 0 Å². The van der Waals surface area contributed by atoms with E-state index in [1.54, 1.807) is 18.1 Å². The van der Waals surface area contributed by atoms with Gasteiger partial charge in [0.2, 0.25) is 0 Å². The van der Waals surface area contributed by atoms with Crippen molar-refractivity contribution in [3.63, 3.8) is 0 Å². The normalized spacial score (nSPS) is 24.2. The van der Waals surface area contributed by atoms with E-state index in [1.807, 2.05) is 13.1 Å². The average molecular weight is 492 g/mol. The molecule has 7 heteroatoms. The van der Waals surface area contributed by atoms with Gasteiger partial charge in [-0.1, -0.05) is 44.2 Å². The lowest BCUT2D eigenvalue weighted by molar-refractivity contribution is -0.0937. The van der Waals surface area contributed by atoms with E-state index < -0.39 is 11.6 Å².